The quantitative estimate of drug-likeness (QED) is 0.260. The number of benzene rings is 2. The van der Waals surface area contributed by atoms with E-state index in [0.29, 0.717) is 18.7 Å². The minimum Gasteiger partial charge on any atom is -0.385 e. The zero-order valence-corrected chi connectivity index (χ0v) is 23.7. The Hall–Kier alpha value is -3.53. The smallest absolute Gasteiger partial charge is 0.251 e. The molecule has 1 aliphatic rings. The van der Waals surface area contributed by atoms with Gasteiger partial charge in [0.1, 0.15) is 5.82 Å². The molecule has 1 fully saturated rings. The van der Waals surface area contributed by atoms with Crippen molar-refractivity contribution >= 4 is 34.2 Å². The molecular weight excluding hydrogens is 522 g/mol. The fourth-order valence-corrected chi connectivity index (χ4v) is 6.14. The number of rotatable bonds is 11. The van der Waals surface area contributed by atoms with E-state index in [4.69, 9.17) is 15.5 Å². The first kappa shape index (κ1) is 28.0. The molecule has 4 aromatic rings. The summed E-state index contributed by atoms with van der Waals surface area (Å²) in [5.74, 6) is 1.04. The molecule has 0 aliphatic carbocycles. The van der Waals surface area contributed by atoms with Gasteiger partial charge in [0, 0.05) is 68.7 Å². The summed E-state index contributed by atoms with van der Waals surface area (Å²) in [6, 6.07) is 19.3. The molecule has 5 rings (SSSR count). The fraction of sp³-hybridized carbons (Fsp3) is 0.387. The first-order valence-corrected chi connectivity index (χ1v) is 14.8. The van der Waals surface area contributed by atoms with Crippen molar-refractivity contribution in [1.29, 1.82) is 0 Å². The minimum atomic E-state index is -0.458. The zero-order valence-electron chi connectivity index (χ0n) is 22.9. The lowest BCUT2D eigenvalue weighted by Crippen LogP contribution is -2.45. The first-order valence-electron chi connectivity index (χ1n) is 13.9. The highest BCUT2D eigenvalue weighted by Gasteiger charge is 2.29. The molecule has 1 saturated heterocycles. The third-order valence-corrected chi connectivity index (χ3v) is 8.39. The van der Waals surface area contributed by atoms with Gasteiger partial charge >= 0.3 is 0 Å². The van der Waals surface area contributed by atoms with Crippen LogP contribution in [0.3, 0.4) is 0 Å². The van der Waals surface area contributed by atoms with E-state index >= 15 is 0 Å². The lowest BCUT2D eigenvalue weighted by molar-refractivity contribution is -0.132. The van der Waals surface area contributed by atoms with Gasteiger partial charge in [0.05, 0.1) is 11.0 Å². The number of nitrogens with one attached hydrogen (secondary N) is 1. The Morgan fingerprint density at radius 1 is 1.15 bits per heavy atom. The molecule has 2 aromatic heterocycles. The minimum absolute atomic E-state index is 0.0220. The van der Waals surface area contributed by atoms with Crippen molar-refractivity contribution in [3.05, 3.63) is 77.4 Å². The van der Waals surface area contributed by atoms with Gasteiger partial charge in [-0.15, -0.1) is 11.3 Å². The number of aromatic nitrogens is 2. The van der Waals surface area contributed by atoms with Crippen molar-refractivity contribution in [2.45, 2.75) is 44.2 Å². The molecule has 2 atom stereocenters. The summed E-state index contributed by atoms with van der Waals surface area (Å²) in [7, 11) is 1.72. The van der Waals surface area contributed by atoms with Crippen LogP contribution < -0.4 is 11.1 Å². The molecule has 0 saturated carbocycles. The number of nitrogens with two attached hydrogens (primary N) is 1. The van der Waals surface area contributed by atoms with E-state index in [1.807, 2.05) is 58.8 Å². The first-order chi connectivity index (χ1) is 19.5. The zero-order chi connectivity index (χ0) is 27.9. The van der Waals surface area contributed by atoms with Crippen LogP contribution in [0.1, 0.15) is 47.8 Å². The van der Waals surface area contributed by atoms with Gasteiger partial charge in [0.25, 0.3) is 5.91 Å². The van der Waals surface area contributed by atoms with Crippen LogP contribution in [0.25, 0.3) is 21.5 Å². The van der Waals surface area contributed by atoms with Crippen molar-refractivity contribution in [1.82, 2.24) is 19.8 Å². The Balaban J connectivity index is 1.16. The number of carbonyl (C=O) groups excluding carboxylic acids is 2. The van der Waals surface area contributed by atoms with E-state index in [1.54, 1.807) is 18.4 Å². The van der Waals surface area contributed by atoms with Crippen molar-refractivity contribution < 1.29 is 14.3 Å². The molecule has 2 aromatic carbocycles. The lowest BCUT2D eigenvalue weighted by Gasteiger charge is -2.33. The predicted molar refractivity (Wildman–Crippen MR) is 159 cm³/mol. The predicted octanol–water partition coefficient (Wildman–Crippen LogP) is 4.65. The van der Waals surface area contributed by atoms with Gasteiger partial charge in [-0.25, -0.2) is 4.98 Å². The van der Waals surface area contributed by atoms with E-state index in [0.717, 1.165) is 59.7 Å². The molecule has 3 N–H and O–H groups in total. The highest BCUT2D eigenvalue weighted by atomic mass is 32.1. The molecule has 8 nitrogen and oxygen atoms in total. The highest BCUT2D eigenvalue weighted by molar-refractivity contribution is 7.13. The molecule has 1 aliphatic heterocycles. The molecule has 0 radical (unpaired) electrons. The molecule has 9 heteroatoms. The Bertz CT molecular complexity index is 1420. The number of para-hydroxylation sites is 2. The summed E-state index contributed by atoms with van der Waals surface area (Å²) >= 11 is 1.66. The number of thiophene rings is 1. The van der Waals surface area contributed by atoms with Gasteiger partial charge < -0.3 is 25.3 Å². The van der Waals surface area contributed by atoms with Crippen molar-refractivity contribution in [3.63, 3.8) is 0 Å². The van der Waals surface area contributed by atoms with E-state index in [-0.39, 0.29) is 30.7 Å². The topological polar surface area (TPSA) is 102 Å². The number of carbonyl (C=O) groups is 2. The van der Waals surface area contributed by atoms with Crippen LogP contribution in [-0.2, 0) is 16.1 Å². The summed E-state index contributed by atoms with van der Waals surface area (Å²) in [6.45, 7) is 3.10. The van der Waals surface area contributed by atoms with Gasteiger partial charge in [0.2, 0.25) is 5.91 Å². The maximum atomic E-state index is 13.2. The van der Waals surface area contributed by atoms with Crippen LogP contribution in [0.15, 0.2) is 66.0 Å². The van der Waals surface area contributed by atoms with E-state index < -0.39 is 6.04 Å². The molecule has 0 unspecified atom stereocenters. The normalized spacial score (nSPS) is 16.2. The molecular formula is C31H37N5O3S. The molecule has 40 heavy (non-hydrogen) atoms. The van der Waals surface area contributed by atoms with Crippen LogP contribution >= 0.6 is 11.3 Å². The van der Waals surface area contributed by atoms with E-state index in [2.05, 4.69) is 22.0 Å². The van der Waals surface area contributed by atoms with E-state index in [9.17, 15) is 9.59 Å². The molecule has 210 valence electrons. The number of nitrogens with zero attached hydrogens (tertiary/aromatic N) is 3. The number of hydrogen-bond donors (Lipinski definition) is 2. The summed E-state index contributed by atoms with van der Waals surface area (Å²) < 4.78 is 7.57. The molecule has 0 bridgehead atoms. The number of piperidine rings is 1. The number of imidazole rings is 1. The largest absolute Gasteiger partial charge is 0.385 e. The average Bonchev–Trinajstić information content (AvgIpc) is 3.65. The molecule has 2 amide bonds. The summed E-state index contributed by atoms with van der Waals surface area (Å²) in [5, 5.41) is 4.92. The van der Waals surface area contributed by atoms with Gasteiger partial charge in [-0.2, -0.15) is 0 Å². The average molecular weight is 560 g/mol. The highest BCUT2D eigenvalue weighted by Crippen LogP contribution is 2.30. The monoisotopic (exact) mass is 559 g/mol. The number of likely N-dealkylation sites (tertiary alicyclic amines) is 1. The maximum Gasteiger partial charge on any atom is 0.251 e. The van der Waals surface area contributed by atoms with Crippen LogP contribution in [0.4, 0.5) is 0 Å². The lowest BCUT2D eigenvalue weighted by atomic mass is 9.96. The molecule has 3 heterocycles. The second-order valence-corrected chi connectivity index (χ2v) is 11.3. The van der Waals surface area contributed by atoms with Crippen LogP contribution in [0.2, 0.25) is 0 Å². The third-order valence-electron chi connectivity index (χ3n) is 7.47. The van der Waals surface area contributed by atoms with Crippen molar-refractivity contribution in [2.24, 2.45) is 5.73 Å². The maximum absolute atomic E-state index is 13.2. The number of amides is 2. The number of hydrogen-bond acceptors (Lipinski definition) is 6. The second-order valence-electron chi connectivity index (χ2n) is 10.4. The number of ether oxygens (including phenoxy) is 1. The summed E-state index contributed by atoms with van der Waals surface area (Å²) in [4.78, 5) is 33.9. The number of methoxy groups -OCH3 is 1. The fourth-order valence-electron chi connectivity index (χ4n) is 5.40. The van der Waals surface area contributed by atoms with Gasteiger partial charge in [-0.05, 0) is 60.5 Å². The van der Waals surface area contributed by atoms with Crippen molar-refractivity contribution in [2.75, 3.05) is 33.4 Å². The molecule has 0 spiro atoms. The van der Waals surface area contributed by atoms with Crippen LogP contribution in [0.5, 0.6) is 0 Å². The van der Waals surface area contributed by atoms with Crippen LogP contribution in [0, 0.1) is 0 Å². The van der Waals surface area contributed by atoms with Gasteiger partial charge in [-0.1, -0.05) is 30.3 Å². The Labute approximate surface area is 239 Å². The van der Waals surface area contributed by atoms with E-state index in [1.165, 1.54) is 0 Å². The third kappa shape index (κ3) is 6.60. The van der Waals surface area contributed by atoms with Crippen LogP contribution in [-0.4, -0.2) is 65.7 Å². The SMILES string of the molecule is COCCCn1c([C@@H]2CCCN(C(=O)C[C@@H](N)CNC(=O)c3ccc(-c4cccs4)cc3)C2)nc2ccccc21. The van der Waals surface area contributed by atoms with Crippen molar-refractivity contribution in [3.8, 4) is 10.4 Å². The Morgan fingerprint density at radius 2 is 1.98 bits per heavy atom. The number of fused-ring (bicyclic) bond motifs is 1. The number of aryl methyl sites for hydroxylation is 1. The Morgan fingerprint density at radius 3 is 2.75 bits per heavy atom. The summed E-state index contributed by atoms with van der Waals surface area (Å²) in [6.07, 6.45) is 3.00. The summed E-state index contributed by atoms with van der Waals surface area (Å²) in [5.41, 5.74) is 10.1. The standard InChI is InChI=1S/C31H37N5O3S/c1-39-17-6-16-36-27-9-3-2-8-26(27)34-30(36)24-7-4-15-35(21-24)29(37)19-25(32)20-33-31(38)23-13-11-22(12-14-23)28-10-5-18-40-28/h2-3,5,8-14,18,24-25H,4,6-7,15-17,19-21,32H2,1H3,(H,33,38)/t24-,25-/m1/s1. The second kappa shape index (κ2) is 13.2. The van der Waals surface area contributed by atoms with Gasteiger partial charge in [-0.3, -0.25) is 9.59 Å². The van der Waals surface area contributed by atoms with Gasteiger partial charge in [0.15, 0.2) is 0 Å². The Kier molecular flexibility index (Phi) is 9.26.